The molecule has 6 nitrogen and oxygen atoms in total. The Morgan fingerprint density at radius 1 is 1.44 bits per heavy atom. The van der Waals surface area contributed by atoms with E-state index in [-0.39, 0.29) is 18.2 Å². The number of aliphatic hydroxyl groups excluding tert-OH is 1. The van der Waals surface area contributed by atoms with Crippen LogP contribution in [-0.2, 0) is 0 Å². The summed E-state index contributed by atoms with van der Waals surface area (Å²) in [5, 5.41) is 11.1. The van der Waals surface area contributed by atoms with Crippen molar-refractivity contribution in [1.82, 2.24) is 10.3 Å². The van der Waals surface area contributed by atoms with Gasteiger partial charge in [-0.25, -0.2) is 0 Å². The molecule has 6 heteroatoms. The lowest BCUT2D eigenvalue weighted by atomic mass is 10.2. The minimum Gasteiger partial charge on any atom is -0.396 e. The van der Waals surface area contributed by atoms with E-state index >= 15 is 0 Å². The molecule has 4 N–H and O–H groups in total. The number of aromatic nitrogens is 1. The first kappa shape index (κ1) is 12.1. The smallest absolute Gasteiger partial charge is 0.267 e. The van der Waals surface area contributed by atoms with Gasteiger partial charge in [0, 0.05) is 19.3 Å². The van der Waals surface area contributed by atoms with Gasteiger partial charge in [-0.1, -0.05) is 0 Å². The number of aliphatic hydroxyl groups is 1. The summed E-state index contributed by atoms with van der Waals surface area (Å²) < 4.78 is 0. The Morgan fingerprint density at radius 2 is 2.19 bits per heavy atom. The van der Waals surface area contributed by atoms with Crippen LogP contribution in [0.25, 0.3) is 0 Å². The largest absolute Gasteiger partial charge is 0.396 e. The van der Waals surface area contributed by atoms with Gasteiger partial charge in [-0.15, -0.1) is 0 Å². The number of pyridine rings is 1. The van der Waals surface area contributed by atoms with E-state index in [4.69, 9.17) is 10.8 Å². The van der Waals surface area contributed by atoms with Crippen LogP contribution in [0.4, 0.5) is 0 Å². The van der Waals surface area contributed by atoms with Crippen LogP contribution in [0.2, 0.25) is 0 Å². The first-order chi connectivity index (χ1) is 7.65. The number of hydrogen-bond acceptors (Lipinski definition) is 4. The molecule has 0 aliphatic heterocycles. The van der Waals surface area contributed by atoms with Crippen LogP contribution in [0.1, 0.15) is 27.3 Å². The van der Waals surface area contributed by atoms with Crippen molar-refractivity contribution in [1.29, 1.82) is 0 Å². The number of nitrogens with zero attached hydrogens (tertiary/aromatic N) is 1. The zero-order valence-electron chi connectivity index (χ0n) is 8.64. The molecule has 1 rings (SSSR count). The average Bonchev–Trinajstić information content (AvgIpc) is 2.29. The van der Waals surface area contributed by atoms with E-state index in [0.717, 1.165) is 0 Å². The molecule has 0 saturated heterocycles. The number of primary amides is 1. The predicted octanol–water partition coefficient (Wildman–Crippen LogP) is -0.707. The summed E-state index contributed by atoms with van der Waals surface area (Å²) in [6.07, 6.45) is 1.78. The van der Waals surface area contributed by atoms with Crippen molar-refractivity contribution in [2.75, 3.05) is 13.2 Å². The van der Waals surface area contributed by atoms with Crippen LogP contribution in [0.5, 0.6) is 0 Å². The maximum Gasteiger partial charge on any atom is 0.267 e. The molecule has 0 spiro atoms. The SMILES string of the molecule is NC(=O)c1ccc(C(=O)NCCCO)cn1. The van der Waals surface area contributed by atoms with Gasteiger partial charge in [-0.3, -0.25) is 14.6 Å². The summed E-state index contributed by atoms with van der Waals surface area (Å²) in [4.78, 5) is 25.9. The quantitative estimate of drug-likeness (QED) is 0.573. The Hall–Kier alpha value is -1.95. The Morgan fingerprint density at radius 3 is 2.69 bits per heavy atom. The van der Waals surface area contributed by atoms with E-state index in [1.54, 1.807) is 0 Å². The standard InChI is InChI=1S/C10H13N3O3/c11-9(15)8-3-2-7(6-13-8)10(16)12-4-1-5-14/h2-3,6,14H,1,4-5H2,(H2,11,15)(H,12,16). The van der Waals surface area contributed by atoms with Gasteiger partial charge in [-0.05, 0) is 18.6 Å². The van der Waals surface area contributed by atoms with Crippen molar-refractivity contribution < 1.29 is 14.7 Å². The molecule has 0 aliphatic rings. The summed E-state index contributed by atoms with van der Waals surface area (Å²) >= 11 is 0. The van der Waals surface area contributed by atoms with Crippen LogP contribution < -0.4 is 11.1 Å². The Balaban J connectivity index is 2.59. The van der Waals surface area contributed by atoms with Crippen molar-refractivity contribution in [3.8, 4) is 0 Å². The van der Waals surface area contributed by atoms with Gasteiger partial charge in [0.15, 0.2) is 0 Å². The van der Waals surface area contributed by atoms with Gasteiger partial charge in [0.25, 0.3) is 11.8 Å². The lowest BCUT2D eigenvalue weighted by molar-refractivity contribution is 0.0947. The van der Waals surface area contributed by atoms with E-state index in [1.165, 1.54) is 18.3 Å². The number of rotatable bonds is 5. The zero-order valence-corrected chi connectivity index (χ0v) is 8.64. The maximum atomic E-state index is 11.5. The highest BCUT2D eigenvalue weighted by Gasteiger charge is 2.07. The second kappa shape index (κ2) is 5.82. The van der Waals surface area contributed by atoms with Crippen LogP contribution >= 0.6 is 0 Å². The molecule has 0 unspecified atom stereocenters. The summed E-state index contributed by atoms with van der Waals surface area (Å²) in [6, 6.07) is 2.87. The molecule has 0 aromatic carbocycles. The highest BCUT2D eigenvalue weighted by atomic mass is 16.3. The van der Waals surface area contributed by atoms with E-state index in [2.05, 4.69) is 10.3 Å². The number of hydrogen-bond donors (Lipinski definition) is 3. The van der Waals surface area contributed by atoms with Gasteiger partial charge >= 0.3 is 0 Å². The first-order valence-electron chi connectivity index (χ1n) is 4.80. The number of amides is 2. The number of nitrogens with one attached hydrogen (secondary N) is 1. The van der Waals surface area contributed by atoms with Crippen molar-refractivity contribution in [2.45, 2.75) is 6.42 Å². The fourth-order valence-electron chi connectivity index (χ4n) is 1.06. The highest BCUT2D eigenvalue weighted by molar-refractivity contribution is 5.95. The third kappa shape index (κ3) is 3.32. The topological polar surface area (TPSA) is 105 Å². The molecule has 0 saturated carbocycles. The molecule has 2 amide bonds. The van der Waals surface area contributed by atoms with Crippen LogP contribution in [0.15, 0.2) is 18.3 Å². The number of carbonyl (C=O) groups excluding carboxylic acids is 2. The van der Waals surface area contributed by atoms with Gasteiger partial charge in [-0.2, -0.15) is 0 Å². The molecule has 0 bridgehead atoms. The molecular formula is C10H13N3O3. The van der Waals surface area contributed by atoms with Gasteiger partial charge in [0.05, 0.1) is 5.56 Å². The van der Waals surface area contributed by atoms with E-state index in [9.17, 15) is 9.59 Å². The van der Waals surface area contributed by atoms with Gasteiger partial charge in [0.1, 0.15) is 5.69 Å². The average molecular weight is 223 g/mol. The molecule has 0 radical (unpaired) electrons. The lowest BCUT2D eigenvalue weighted by Crippen LogP contribution is -2.25. The van der Waals surface area contributed by atoms with Gasteiger partial charge < -0.3 is 16.2 Å². The van der Waals surface area contributed by atoms with Crippen molar-refractivity contribution in [3.63, 3.8) is 0 Å². The third-order valence-corrected chi connectivity index (χ3v) is 1.90. The Bertz CT molecular complexity index is 375. The van der Waals surface area contributed by atoms with Crippen molar-refractivity contribution in [3.05, 3.63) is 29.6 Å². The van der Waals surface area contributed by atoms with Crippen LogP contribution in [-0.4, -0.2) is 35.1 Å². The van der Waals surface area contributed by atoms with E-state index < -0.39 is 5.91 Å². The highest BCUT2D eigenvalue weighted by Crippen LogP contribution is 1.99. The maximum absolute atomic E-state index is 11.5. The monoisotopic (exact) mass is 223 g/mol. The Labute approximate surface area is 92.5 Å². The minimum atomic E-state index is -0.632. The molecule has 1 aromatic heterocycles. The number of nitrogens with two attached hydrogens (primary N) is 1. The molecule has 1 aromatic rings. The minimum absolute atomic E-state index is 0.0269. The molecule has 0 aliphatic carbocycles. The second-order valence-corrected chi connectivity index (χ2v) is 3.13. The van der Waals surface area contributed by atoms with E-state index in [0.29, 0.717) is 18.5 Å². The first-order valence-corrected chi connectivity index (χ1v) is 4.80. The Kier molecular flexibility index (Phi) is 4.41. The molecule has 86 valence electrons. The molecule has 16 heavy (non-hydrogen) atoms. The third-order valence-electron chi connectivity index (χ3n) is 1.90. The summed E-state index contributed by atoms with van der Waals surface area (Å²) in [6.45, 7) is 0.423. The molecule has 0 fully saturated rings. The molecular weight excluding hydrogens is 210 g/mol. The summed E-state index contributed by atoms with van der Waals surface area (Å²) in [7, 11) is 0. The molecule has 0 atom stereocenters. The fourth-order valence-corrected chi connectivity index (χ4v) is 1.06. The van der Waals surface area contributed by atoms with Crippen LogP contribution in [0, 0.1) is 0 Å². The van der Waals surface area contributed by atoms with Crippen LogP contribution in [0.3, 0.4) is 0 Å². The molecule has 1 heterocycles. The van der Waals surface area contributed by atoms with E-state index in [1.807, 2.05) is 0 Å². The normalized spacial score (nSPS) is 9.81. The second-order valence-electron chi connectivity index (χ2n) is 3.13. The predicted molar refractivity (Wildman–Crippen MR) is 56.8 cm³/mol. The number of carbonyl (C=O) groups is 2. The summed E-state index contributed by atoms with van der Waals surface area (Å²) in [5.74, 6) is -0.927. The fraction of sp³-hybridized carbons (Fsp3) is 0.300. The van der Waals surface area contributed by atoms with Gasteiger partial charge in [0.2, 0.25) is 0 Å². The van der Waals surface area contributed by atoms with Crippen molar-refractivity contribution >= 4 is 11.8 Å². The zero-order chi connectivity index (χ0) is 12.0. The van der Waals surface area contributed by atoms with Crippen molar-refractivity contribution in [2.24, 2.45) is 5.73 Å². The summed E-state index contributed by atoms with van der Waals surface area (Å²) in [5.41, 5.74) is 5.48. The lowest BCUT2D eigenvalue weighted by Gasteiger charge is -2.03.